The Bertz CT molecular complexity index is 1350. The highest BCUT2D eigenvalue weighted by Crippen LogP contribution is 2.31. The normalized spacial score (nSPS) is 21.7. The van der Waals surface area contributed by atoms with E-state index in [4.69, 9.17) is 28.4 Å². The van der Waals surface area contributed by atoms with Crippen LogP contribution < -0.4 is 0 Å². The second-order valence-corrected chi connectivity index (χ2v) is 10.4. The quantitative estimate of drug-likeness (QED) is 0.163. The smallest absolute Gasteiger partial charge is 0.303 e. The second kappa shape index (κ2) is 16.1. The lowest BCUT2D eigenvalue weighted by molar-refractivity contribution is -0.323. The summed E-state index contributed by atoms with van der Waals surface area (Å²) in [4.78, 5) is 12.4. The lowest BCUT2D eigenvalue weighted by Gasteiger charge is -2.45. The maximum absolute atomic E-state index is 12.4. The van der Waals surface area contributed by atoms with Gasteiger partial charge in [0.2, 0.25) is 0 Å². The van der Waals surface area contributed by atoms with Crippen LogP contribution in [0.5, 0.6) is 0 Å². The molecule has 0 amide bonds. The van der Waals surface area contributed by atoms with Crippen molar-refractivity contribution in [1.29, 1.82) is 0 Å². The second-order valence-electron chi connectivity index (χ2n) is 10.4. The van der Waals surface area contributed by atoms with Gasteiger partial charge in [0.05, 0.1) is 33.0 Å². The monoisotopic (exact) mass is 582 g/mol. The molecule has 1 saturated heterocycles. The molecule has 0 saturated carbocycles. The highest BCUT2D eigenvalue weighted by molar-refractivity contribution is 5.66. The van der Waals surface area contributed by atoms with Gasteiger partial charge in [-0.05, 0) is 22.3 Å². The molecule has 7 nitrogen and oxygen atoms in total. The zero-order valence-electron chi connectivity index (χ0n) is 24.3. The van der Waals surface area contributed by atoms with E-state index >= 15 is 0 Å². The Hall–Kier alpha value is -3.85. The molecule has 224 valence electrons. The van der Waals surface area contributed by atoms with Crippen molar-refractivity contribution in [3.05, 3.63) is 144 Å². The van der Waals surface area contributed by atoms with Crippen molar-refractivity contribution in [2.24, 2.45) is 0 Å². The lowest BCUT2D eigenvalue weighted by Crippen LogP contribution is -2.62. The average molecular weight is 583 g/mol. The van der Waals surface area contributed by atoms with Gasteiger partial charge in [0, 0.05) is 6.92 Å². The molecule has 4 aromatic carbocycles. The minimum absolute atomic E-state index is 0.220. The van der Waals surface area contributed by atoms with E-state index in [0.717, 1.165) is 22.3 Å². The van der Waals surface area contributed by atoms with Crippen molar-refractivity contribution in [1.82, 2.24) is 0 Å². The molecule has 7 heteroatoms. The molecular formula is C36H38O7. The molecule has 0 bridgehead atoms. The topological polar surface area (TPSA) is 72.5 Å². The van der Waals surface area contributed by atoms with Gasteiger partial charge in [0.1, 0.15) is 18.3 Å². The fourth-order valence-electron chi connectivity index (χ4n) is 5.01. The van der Waals surface area contributed by atoms with Gasteiger partial charge >= 0.3 is 5.97 Å². The van der Waals surface area contributed by atoms with Gasteiger partial charge in [0.15, 0.2) is 12.4 Å². The maximum Gasteiger partial charge on any atom is 0.303 e. The number of carbonyl (C=O) groups excluding carboxylic acids is 1. The van der Waals surface area contributed by atoms with Crippen LogP contribution in [0.15, 0.2) is 121 Å². The van der Waals surface area contributed by atoms with Crippen molar-refractivity contribution in [2.75, 3.05) is 6.61 Å². The number of carbonyl (C=O) groups is 1. The lowest BCUT2D eigenvalue weighted by atomic mass is 9.97. The molecule has 1 aliphatic rings. The van der Waals surface area contributed by atoms with E-state index in [9.17, 15) is 4.79 Å². The molecule has 5 rings (SSSR count). The van der Waals surface area contributed by atoms with Crippen LogP contribution in [0.3, 0.4) is 0 Å². The van der Waals surface area contributed by atoms with Crippen LogP contribution in [0, 0.1) is 0 Å². The standard InChI is InChI=1S/C36H38O7/c1-27(37)42-35-34(40-24-30-18-10-4-11-19-30)33(39-23-29-16-8-3-9-17-29)32(26-38-22-28-14-6-2-7-15-28)43-36(35)41-25-31-20-12-5-13-21-31/h2-21,32-36H,22-26H2,1H3. The number of rotatable bonds is 14. The third kappa shape index (κ3) is 9.32. The first-order valence-electron chi connectivity index (χ1n) is 14.6. The zero-order chi connectivity index (χ0) is 29.7. The molecule has 5 unspecified atom stereocenters. The molecular weight excluding hydrogens is 544 g/mol. The van der Waals surface area contributed by atoms with Gasteiger partial charge in [-0.15, -0.1) is 0 Å². The Balaban J connectivity index is 1.41. The van der Waals surface area contributed by atoms with Crippen LogP contribution in [-0.2, 0) is 59.6 Å². The first kappa shape index (κ1) is 30.6. The molecule has 1 heterocycles. The number of hydrogen-bond acceptors (Lipinski definition) is 7. The Kier molecular flexibility index (Phi) is 11.5. The molecule has 0 N–H and O–H groups in total. The molecule has 0 spiro atoms. The van der Waals surface area contributed by atoms with E-state index in [1.165, 1.54) is 6.92 Å². The third-order valence-electron chi connectivity index (χ3n) is 7.11. The van der Waals surface area contributed by atoms with Crippen molar-refractivity contribution in [3.63, 3.8) is 0 Å². The summed E-state index contributed by atoms with van der Waals surface area (Å²) < 4.78 is 37.9. The summed E-state index contributed by atoms with van der Waals surface area (Å²) in [5, 5.41) is 0. The SMILES string of the molecule is CC(=O)OC1C(OCc2ccccc2)OC(COCc2ccccc2)C(OCc2ccccc2)C1OCc1ccccc1. The fraction of sp³-hybridized carbons (Fsp3) is 0.306. The van der Waals surface area contributed by atoms with Gasteiger partial charge in [0.25, 0.3) is 0 Å². The Morgan fingerprint density at radius 1 is 0.558 bits per heavy atom. The molecule has 43 heavy (non-hydrogen) atoms. The number of hydrogen-bond donors (Lipinski definition) is 0. The molecule has 1 fully saturated rings. The Morgan fingerprint density at radius 3 is 1.44 bits per heavy atom. The van der Waals surface area contributed by atoms with Crippen LogP contribution in [0.1, 0.15) is 29.2 Å². The average Bonchev–Trinajstić information content (AvgIpc) is 3.05. The molecule has 0 aromatic heterocycles. The van der Waals surface area contributed by atoms with E-state index in [-0.39, 0.29) is 19.8 Å². The van der Waals surface area contributed by atoms with Crippen molar-refractivity contribution >= 4 is 5.97 Å². The predicted octanol–water partition coefficient (Wildman–Crippen LogP) is 6.25. The first-order chi connectivity index (χ1) is 21.2. The molecule has 0 radical (unpaired) electrons. The highest BCUT2D eigenvalue weighted by Gasteiger charge is 2.50. The van der Waals surface area contributed by atoms with E-state index in [0.29, 0.717) is 13.2 Å². The Labute approximate surface area is 253 Å². The van der Waals surface area contributed by atoms with Gasteiger partial charge in [-0.3, -0.25) is 4.79 Å². The molecule has 1 aliphatic heterocycles. The summed E-state index contributed by atoms with van der Waals surface area (Å²) in [6.45, 7) is 2.87. The molecule has 0 aliphatic carbocycles. The number of esters is 1. The van der Waals surface area contributed by atoms with Crippen LogP contribution in [-0.4, -0.2) is 43.3 Å². The largest absolute Gasteiger partial charge is 0.454 e. The van der Waals surface area contributed by atoms with Gasteiger partial charge in [-0.25, -0.2) is 0 Å². The van der Waals surface area contributed by atoms with Crippen molar-refractivity contribution in [2.45, 2.75) is 64.1 Å². The van der Waals surface area contributed by atoms with E-state index < -0.39 is 36.7 Å². The van der Waals surface area contributed by atoms with Gasteiger partial charge in [-0.2, -0.15) is 0 Å². The summed E-state index contributed by atoms with van der Waals surface area (Å²) in [6, 6.07) is 39.5. The maximum atomic E-state index is 12.4. The summed E-state index contributed by atoms with van der Waals surface area (Å²) in [5.74, 6) is -0.462. The van der Waals surface area contributed by atoms with Crippen LogP contribution in [0.25, 0.3) is 0 Å². The summed E-state index contributed by atoms with van der Waals surface area (Å²) in [5.41, 5.74) is 4.00. The minimum atomic E-state index is -0.910. The van der Waals surface area contributed by atoms with E-state index in [2.05, 4.69) is 0 Å². The highest BCUT2D eigenvalue weighted by atomic mass is 16.7. The minimum Gasteiger partial charge on any atom is -0.454 e. The summed E-state index contributed by atoms with van der Waals surface area (Å²) in [6.07, 6.45) is -3.68. The number of ether oxygens (including phenoxy) is 6. The van der Waals surface area contributed by atoms with Gasteiger partial charge < -0.3 is 28.4 Å². The number of benzene rings is 4. The van der Waals surface area contributed by atoms with Crippen LogP contribution >= 0.6 is 0 Å². The van der Waals surface area contributed by atoms with Crippen molar-refractivity contribution < 1.29 is 33.2 Å². The van der Waals surface area contributed by atoms with Gasteiger partial charge in [-0.1, -0.05) is 121 Å². The van der Waals surface area contributed by atoms with Crippen molar-refractivity contribution in [3.8, 4) is 0 Å². The van der Waals surface area contributed by atoms with E-state index in [1.54, 1.807) is 0 Å². The fourth-order valence-corrected chi connectivity index (χ4v) is 5.01. The van der Waals surface area contributed by atoms with Crippen LogP contribution in [0.4, 0.5) is 0 Å². The van der Waals surface area contributed by atoms with E-state index in [1.807, 2.05) is 121 Å². The Morgan fingerprint density at radius 2 is 0.977 bits per heavy atom. The predicted molar refractivity (Wildman–Crippen MR) is 162 cm³/mol. The first-order valence-corrected chi connectivity index (χ1v) is 14.6. The summed E-state index contributed by atoms with van der Waals surface area (Å²) in [7, 11) is 0. The third-order valence-corrected chi connectivity index (χ3v) is 7.11. The zero-order valence-corrected chi connectivity index (χ0v) is 24.3. The molecule has 4 aromatic rings. The molecule has 5 atom stereocenters. The summed E-state index contributed by atoms with van der Waals surface area (Å²) >= 11 is 0. The van der Waals surface area contributed by atoms with Crippen LogP contribution in [0.2, 0.25) is 0 Å².